The van der Waals surface area contributed by atoms with Gasteiger partial charge in [-0.25, -0.2) is 0 Å². The lowest BCUT2D eigenvalue weighted by molar-refractivity contribution is -0.137. The zero-order chi connectivity index (χ0) is 13.8. The molecule has 3 N–H and O–H groups in total. The van der Waals surface area contributed by atoms with Crippen molar-refractivity contribution < 1.29 is 14.7 Å². The van der Waals surface area contributed by atoms with E-state index in [2.05, 4.69) is 10.6 Å². The highest BCUT2D eigenvalue weighted by Gasteiger charge is 2.34. The second-order valence-electron chi connectivity index (χ2n) is 5.96. The van der Waals surface area contributed by atoms with E-state index in [1.165, 1.54) is 25.7 Å². The van der Waals surface area contributed by atoms with Gasteiger partial charge in [-0.3, -0.25) is 9.59 Å². The molecule has 2 aliphatic rings. The van der Waals surface area contributed by atoms with Crippen LogP contribution < -0.4 is 10.6 Å². The third kappa shape index (κ3) is 3.93. The first-order valence-corrected chi connectivity index (χ1v) is 7.34. The Bertz CT molecular complexity index is 346. The van der Waals surface area contributed by atoms with Crippen LogP contribution in [0.1, 0.15) is 51.9 Å². The Hall–Kier alpha value is -1.10. The summed E-state index contributed by atoms with van der Waals surface area (Å²) in [4.78, 5) is 22.7. The average Bonchev–Trinajstić information content (AvgIpc) is 2.37. The number of rotatable bonds is 4. The fourth-order valence-corrected chi connectivity index (χ4v) is 3.36. The van der Waals surface area contributed by atoms with E-state index < -0.39 is 5.97 Å². The maximum absolute atomic E-state index is 12.1. The molecule has 0 radical (unpaired) electrons. The molecule has 1 aliphatic heterocycles. The van der Waals surface area contributed by atoms with E-state index in [1.807, 2.05) is 0 Å². The van der Waals surface area contributed by atoms with Gasteiger partial charge in [0.25, 0.3) is 0 Å². The molecule has 1 amide bonds. The van der Waals surface area contributed by atoms with Gasteiger partial charge in [-0.15, -0.1) is 0 Å². The molecular weight excluding hydrogens is 244 g/mol. The summed E-state index contributed by atoms with van der Waals surface area (Å²) in [6.07, 6.45) is 6.97. The smallest absolute Gasteiger partial charge is 0.305 e. The summed E-state index contributed by atoms with van der Waals surface area (Å²) in [5.74, 6) is -0.191. The molecule has 108 valence electrons. The molecule has 0 aromatic rings. The Balaban J connectivity index is 1.81. The van der Waals surface area contributed by atoms with E-state index >= 15 is 0 Å². The van der Waals surface area contributed by atoms with E-state index in [9.17, 15) is 9.59 Å². The zero-order valence-corrected chi connectivity index (χ0v) is 11.5. The van der Waals surface area contributed by atoms with E-state index in [0.29, 0.717) is 6.04 Å². The molecule has 0 aromatic carbocycles. The number of hydrogen-bond donors (Lipinski definition) is 3. The summed E-state index contributed by atoms with van der Waals surface area (Å²) in [6, 6.07) is 0.0273. The third-order valence-electron chi connectivity index (χ3n) is 4.34. The molecule has 1 aliphatic carbocycles. The van der Waals surface area contributed by atoms with Crippen LogP contribution >= 0.6 is 0 Å². The number of amides is 1. The minimum atomic E-state index is -0.878. The average molecular weight is 268 g/mol. The highest BCUT2D eigenvalue weighted by molar-refractivity contribution is 5.82. The number of aliphatic carboxylic acids is 1. The first-order chi connectivity index (χ1) is 9.06. The Kier molecular flexibility index (Phi) is 4.80. The van der Waals surface area contributed by atoms with Crippen LogP contribution in [0, 0.1) is 5.92 Å². The minimum absolute atomic E-state index is 0.0233. The molecule has 19 heavy (non-hydrogen) atoms. The highest BCUT2D eigenvalue weighted by Crippen LogP contribution is 2.32. The largest absolute Gasteiger partial charge is 0.481 e. The number of piperidine rings is 1. The summed E-state index contributed by atoms with van der Waals surface area (Å²) in [7, 11) is 0. The van der Waals surface area contributed by atoms with Crippen molar-refractivity contribution in [3.63, 3.8) is 0 Å². The van der Waals surface area contributed by atoms with E-state index in [0.717, 1.165) is 18.8 Å². The van der Waals surface area contributed by atoms with E-state index in [1.54, 1.807) is 6.92 Å². The molecular formula is C14H24N2O3. The van der Waals surface area contributed by atoms with Crippen molar-refractivity contribution in [3.8, 4) is 0 Å². The van der Waals surface area contributed by atoms with Crippen LogP contribution in [0.2, 0.25) is 0 Å². The Morgan fingerprint density at radius 1 is 1.26 bits per heavy atom. The van der Waals surface area contributed by atoms with Crippen LogP contribution in [-0.4, -0.2) is 35.1 Å². The monoisotopic (exact) mass is 268 g/mol. The molecule has 0 bridgehead atoms. The summed E-state index contributed by atoms with van der Waals surface area (Å²) in [5, 5.41) is 14.9. The number of fused-ring (bicyclic) bond motifs is 1. The minimum Gasteiger partial charge on any atom is -0.481 e. The Morgan fingerprint density at radius 3 is 2.74 bits per heavy atom. The van der Waals surface area contributed by atoms with Crippen molar-refractivity contribution >= 4 is 11.9 Å². The van der Waals surface area contributed by atoms with E-state index in [-0.39, 0.29) is 24.4 Å². The van der Waals surface area contributed by atoms with Gasteiger partial charge in [0, 0.05) is 12.1 Å². The summed E-state index contributed by atoms with van der Waals surface area (Å²) in [6.45, 7) is 1.73. The van der Waals surface area contributed by atoms with Gasteiger partial charge in [-0.05, 0) is 38.5 Å². The van der Waals surface area contributed by atoms with Crippen LogP contribution in [0.3, 0.4) is 0 Å². The van der Waals surface area contributed by atoms with Crippen LogP contribution in [0.25, 0.3) is 0 Å². The van der Waals surface area contributed by atoms with Gasteiger partial charge in [0.05, 0.1) is 12.5 Å². The Labute approximate surface area is 114 Å². The molecule has 0 aromatic heterocycles. The summed E-state index contributed by atoms with van der Waals surface area (Å²) in [5.41, 5.74) is 0. The van der Waals surface area contributed by atoms with Gasteiger partial charge in [0.1, 0.15) is 0 Å². The highest BCUT2D eigenvalue weighted by atomic mass is 16.4. The fraction of sp³-hybridized carbons (Fsp3) is 0.857. The van der Waals surface area contributed by atoms with Gasteiger partial charge >= 0.3 is 5.97 Å². The van der Waals surface area contributed by atoms with Crippen molar-refractivity contribution in [2.45, 2.75) is 70.0 Å². The van der Waals surface area contributed by atoms with Crippen LogP contribution in [0.4, 0.5) is 0 Å². The number of hydrogen-bond acceptors (Lipinski definition) is 3. The fourth-order valence-electron chi connectivity index (χ4n) is 3.36. The molecule has 1 saturated carbocycles. The van der Waals surface area contributed by atoms with Crippen molar-refractivity contribution in [2.24, 2.45) is 5.92 Å². The van der Waals surface area contributed by atoms with Crippen LogP contribution in [0.15, 0.2) is 0 Å². The van der Waals surface area contributed by atoms with Crippen molar-refractivity contribution in [3.05, 3.63) is 0 Å². The van der Waals surface area contributed by atoms with Crippen molar-refractivity contribution in [1.29, 1.82) is 0 Å². The lowest BCUT2D eigenvalue weighted by atomic mass is 9.77. The van der Waals surface area contributed by atoms with Gasteiger partial charge in [-0.1, -0.05) is 12.8 Å². The van der Waals surface area contributed by atoms with Gasteiger partial charge in [-0.2, -0.15) is 0 Å². The lowest BCUT2D eigenvalue weighted by Gasteiger charge is -2.40. The molecule has 1 saturated heterocycles. The first-order valence-electron chi connectivity index (χ1n) is 7.34. The predicted octanol–water partition coefficient (Wildman–Crippen LogP) is 1.28. The molecule has 4 atom stereocenters. The predicted molar refractivity (Wildman–Crippen MR) is 71.8 cm³/mol. The number of nitrogens with one attached hydrogen (secondary N) is 2. The molecule has 2 rings (SSSR count). The topological polar surface area (TPSA) is 78.4 Å². The summed E-state index contributed by atoms with van der Waals surface area (Å²) < 4.78 is 0. The van der Waals surface area contributed by atoms with Gasteiger partial charge in [0.15, 0.2) is 0 Å². The maximum Gasteiger partial charge on any atom is 0.305 e. The van der Waals surface area contributed by atoms with Crippen molar-refractivity contribution in [2.75, 3.05) is 0 Å². The quantitative estimate of drug-likeness (QED) is 0.717. The van der Waals surface area contributed by atoms with Crippen LogP contribution in [0.5, 0.6) is 0 Å². The van der Waals surface area contributed by atoms with Crippen molar-refractivity contribution in [1.82, 2.24) is 10.6 Å². The van der Waals surface area contributed by atoms with Gasteiger partial charge < -0.3 is 15.7 Å². The molecule has 2 fully saturated rings. The third-order valence-corrected chi connectivity index (χ3v) is 4.34. The second kappa shape index (κ2) is 6.37. The second-order valence-corrected chi connectivity index (χ2v) is 5.96. The van der Waals surface area contributed by atoms with Gasteiger partial charge in [0.2, 0.25) is 5.91 Å². The molecule has 4 unspecified atom stereocenters. The number of carbonyl (C=O) groups is 2. The molecule has 1 heterocycles. The molecule has 5 nitrogen and oxygen atoms in total. The maximum atomic E-state index is 12.1. The summed E-state index contributed by atoms with van der Waals surface area (Å²) >= 11 is 0. The zero-order valence-electron chi connectivity index (χ0n) is 11.5. The number of carboxylic acid groups (broad SMARTS) is 1. The Morgan fingerprint density at radius 2 is 2.00 bits per heavy atom. The number of carbonyl (C=O) groups excluding carboxylic acids is 1. The molecule has 5 heteroatoms. The first kappa shape index (κ1) is 14.3. The van der Waals surface area contributed by atoms with Crippen LogP contribution in [-0.2, 0) is 9.59 Å². The van der Waals surface area contributed by atoms with E-state index in [4.69, 9.17) is 5.11 Å². The number of carboxylic acids is 1. The lowest BCUT2D eigenvalue weighted by Crippen LogP contribution is -2.56. The normalized spacial score (nSPS) is 32.2. The SMILES string of the molecule is CC(CC(=O)O)NC(=O)C1CCC2CCCCC2N1. The molecule has 0 spiro atoms. The standard InChI is InChI=1S/C14H24N2O3/c1-9(8-13(17)18)15-14(19)12-7-6-10-4-2-3-5-11(10)16-12/h9-12,16H,2-8H2,1H3,(H,15,19)(H,17,18).